The summed E-state index contributed by atoms with van der Waals surface area (Å²) in [4.78, 5) is 110. The van der Waals surface area contributed by atoms with Gasteiger partial charge >= 0.3 is 0 Å². The van der Waals surface area contributed by atoms with Crippen LogP contribution in [0.4, 0.5) is 11.4 Å². The van der Waals surface area contributed by atoms with Crippen molar-refractivity contribution in [3.05, 3.63) is 20.4 Å². The molecule has 1 aromatic rings. The zero-order valence-corrected chi connectivity index (χ0v) is 40.7. The first-order valence-electron chi connectivity index (χ1n) is 24.5. The lowest BCUT2D eigenvalue weighted by Crippen LogP contribution is -2.40. The van der Waals surface area contributed by atoms with Crippen molar-refractivity contribution >= 4 is 52.6 Å². The van der Waals surface area contributed by atoms with Crippen LogP contribution < -0.4 is 43.6 Å². The average molecular weight is 984 g/mol. The maximum atomic E-state index is 12.3. The van der Waals surface area contributed by atoms with Gasteiger partial charge in [0.05, 0.1) is 0 Å². The van der Waals surface area contributed by atoms with Crippen molar-refractivity contribution in [2.45, 2.75) is 135 Å². The van der Waals surface area contributed by atoms with E-state index >= 15 is 0 Å². The van der Waals surface area contributed by atoms with Gasteiger partial charge in [-0.15, -0.1) is 0 Å². The van der Waals surface area contributed by atoms with Crippen LogP contribution in [-0.4, -0.2) is 172 Å². The molecule has 0 saturated heterocycles. The van der Waals surface area contributed by atoms with Crippen LogP contribution >= 0.6 is 0 Å². The maximum absolute atomic E-state index is 12.3. The molecule has 0 atom stereocenters. The third kappa shape index (κ3) is 28.9. The van der Waals surface area contributed by atoms with Gasteiger partial charge < -0.3 is 32.7 Å². The van der Waals surface area contributed by atoms with Crippen LogP contribution in [0.3, 0.4) is 0 Å². The molecule has 0 radical (unpaired) electrons. The van der Waals surface area contributed by atoms with Crippen LogP contribution in [0.1, 0.15) is 135 Å². The Hall–Kier alpha value is -5.11. The highest BCUT2D eigenvalue weighted by atomic mass is 16.5. The van der Waals surface area contributed by atoms with Gasteiger partial charge in [0.1, 0.15) is 17.2 Å². The van der Waals surface area contributed by atoms with Crippen molar-refractivity contribution in [3.8, 4) is 0 Å². The summed E-state index contributed by atoms with van der Waals surface area (Å²) in [5.41, 5.74) is 10.6. The van der Waals surface area contributed by atoms with Crippen molar-refractivity contribution in [3.63, 3.8) is 0 Å². The predicted octanol–water partition coefficient (Wildman–Crippen LogP) is 0.820. The summed E-state index contributed by atoms with van der Waals surface area (Å²) in [6.07, 6.45) is 7.30. The second-order valence-corrected chi connectivity index (χ2v) is 17.0. The molecule has 0 heterocycles. The number of anilines is 2. The summed E-state index contributed by atoms with van der Waals surface area (Å²) >= 11 is 0. The van der Waals surface area contributed by atoms with Gasteiger partial charge in [-0.2, -0.15) is 0 Å². The van der Waals surface area contributed by atoms with Crippen LogP contribution in [0, 0.1) is 0 Å². The van der Waals surface area contributed by atoms with Gasteiger partial charge in [0.2, 0.25) is 35.4 Å². The van der Waals surface area contributed by atoms with Gasteiger partial charge in [-0.25, -0.2) is 20.3 Å². The number of nitrogens with zero attached hydrogens (tertiary/aromatic N) is 5. The number of carbonyl (C=O) groups is 7. The minimum absolute atomic E-state index is 0.000217. The Kier molecular flexibility index (Phi) is 33.9. The van der Waals surface area contributed by atoms with E-state index in [0.29, 0.717) is 163 Å². The van der Waals surface area contributed by atoms with Crippen LogP contribution in [-0.2, 0) is 33.6 Å². The Balaban J connectivity index is 2.05. The first-order chi connectivity index (χ1) is 33.0. The fraction of sp³-hybridized carbons (Fsp3) is 0.756. The highest BCUT2D eigenvalue weighted by Crippen LogP contribution is 2.15. The molecule has 0 bridgehead atoms. The fourth-order valence-corrected chi connectivity index (χ4v) is 6.97. The Morgan fingerprint density at radius 1 is 0.420 bits per heavy atom. The minimum Gasteiger partial charge on any atom is -0.380 e. The van der Waals surface area contributed by atoms with Crippen molar-refractivity contribution in [1.29, 1.82) is 0 Å². The first-order valence-corrected chi connectivity index (χ1v) is 24.5. The number of hydroxylamine groups is 8. The minimum atomic E-state index is -0.593. The summed E-state index contributed by atoms with van der Waals surface area (Å²) in [5, 5.41) is 53.3. The lowest BCUT2D eigenvalue weighted by Gasteiger charge is -2.22. The largest absolute Gasteiger partial charge is 0.380 e. The topological polar surface area (TPSA) is 351 Å². The quantitative estimate of drug-likeness (QED) is 0.0187. The van der Waals surface area contributed by atoms with Crippen LogP contribution in [0.2, 0.25) is 0 Å². The normalized spacial score (nSPS) is 11.1. The predicted molar refractivity (Wildman–Crippen MR) is 256 cm³/mol. The number of hydrogen-bond acceptors (Lipinski definition) is 18. The number of amides is 6. The van der Waals surface area contributed by atoms with Crippen LogP contribution in [0.25, 0.3) is 0 Å². The number of ketones is 1. The summed E-state index contributed by atoms with van der Waals surface area (Å²) in [5.74, 6) is -2.95. The van der Waals surface area contributed by atoms with E-state index in [0.717, 1.165) is 0 Å². The molecule has 24 nitrogen and oxygen atoms in total. The average Bonchev–Trinajstić information content (AvgIpc) is 3.33. The molecule has 0 fully saturated rings. The van der Waals surface area contributed by atoms with Crippen molar-refractivity contribution in [2.75, 3.05) is 95.7 Å². The highest BCUT2D eigenvalue weighted by molar-refractivity contribution is 5.85. The van der Waals surface area contributed by atoms with Gasteiger partial charge in [-0.1, -0.05) is 12.8 Å². The Bertz CT molecular complexity index is 1760. The summed E-state index contributed by atoms with van der Waals surface area (Å²) in [6.45, 7) is 6.25. The van der Waals surface area contributed by atoms with Gasteiger partial charge in [0, 0.05) is 137 Å². The van der Waals surface area contributed by atoms with E-state index in [2.05, 4.69) is 26.2 Å². The summed E-state index contributed by atoms with van der Waals surface area (Å²) in [6, 6.07) is 0. The molecule has 394 valence electrons. The smallest absolute Gasteiger partial charge is 0.253 e. The molecular weight excluding hydrogens is 903 g/mol. The van der Waals surface area contributed by atoms with E-state index in [1.54, 1.807) is 0 Å². The van der Waals surface area contributed by atoms with Gasteiger partial charge in [0.15, 0.2) is 0 Å². The van der Waals surface area contributed by atoms with E-state index < -0.39 is 34.5 Å². The monoisotopic (exact) mass is 984 g/mol. The third-order valence-corrected chi connectivity index (χ3v) is 11.2. The van der Waals surface area contributed by atoms with E-state index in [1.165, 1.54) is 6.92 Å². The number of hydrogen-bond donors (Lipinski definition) is 10. The number of rotatable bonds is 43. The van der Waals surface area contributed by atoms with E-state index in [-0.39, 0.29) is 100 Å². The van der Waals surface area contributed by atoms with E-state index in [9.17, 15) is 64.0 Å². The number of Topliss-reactive ketones (excluding diaryl/α,β-unsaturated/α-hetero) is 1. The molecule has 6 amide bonds. The Labute approximate surface area is 404 Å². The van der Waals surface area contributed by atoms with E-state index in [1.807, 2.05) is 0 Å². The second-order valence-electron chi connectivity index (χ2n) is 17.0. The molecule has 0 unspecified atom stereocenters. The zero-order valence-electron chi connectivity index (χ0n) is 40.7. The molecule has 24 heteroatoms. The second kappa shape index (κ2) is 37.7. The molecule has 0 aliphatic rings. The molecule has 1 rings (SSSR count). The maximum Gasteiger partial charge on any atom is 0.253 e. The molecule has 1 aromatic carbocycles. The van der Waals surface area contributed by atoms with Gasteiger partial charge in [0.25, 0.3) is 10.9 Å². The molecule has 12 N–H and O–H groups in total. The van der Waals surface area contributed by atoms with Crippen molar-refractivity contribution < 1.29 is 54.4 Å². The highest BCUT2D eigenvalue weighted by Gasteiger charge is 2.21. The van der Waals surface area contributed by atoms with Crippen molar-refractivity contribution in [2.24, 2.45) is 11.5 Å². The van der Waals surface area contributed by atoms with E-state index in [4.69, 9.17) is 11.5 Å². The zero-order chi connectivity index (χ0) is 51.4. The number of nitrogens with two attached hydrogens (primary N) is 2. The Morgan fingerprint density at radius 3 is 1.23 bits per heavy atom. The van der Waals surface area contributed by atoms with Crippen LogP contribution in [0.5, 0.6) is 0 Å². The molecule has 0 spiro atoms. The molecule has 69 heavy (non-hydrogen) atoms. The SMILES string of the molecule is CC(=O)N(O)CCCCCNC(=O)CCC(=O)N(O)CCCCCNC(=O)CCC(=O)N(O)CCCCCCC(=O)CCC(=O)N(O)CCCCCNc1c(NCCN(CCN)CCN)c(=O)c1=O. The third-order valence-electron chi connectivity index (χ3n) is 11.2. The lowest BCUT2D eigenvalue weighted by molar-refractivity contribution is -0.166. The molecule has 0 aliphatic carbocycles. The van der Waals surface area contributed by atoms with Gasteiger partial charge in [-0.3, -0.25) is 68.9 Å². The lowest BCUT2D eigenvalue weighted by atomic mass is 10.1. The molecule has 0 aromatic heterocycles. The summed E-state index contributed by atoms with van der Waals surface area (Å²) in [7, 11) is 0. The molecule has 0 saturated carbocycles. The van der Waals surface area contributed by atoms with Crippen LogP contribution in [0.15, 0.2) is 9.59 Å². The fourth-order valence-electron chi connectivity index (χ4n) is 6.97. The molecule has 0 aliphatic heterocycles. The summed E-state index contributed by atoms with van der Waals surface area (Å²) < 4.78 is 0. The number of carbonyl (C=O) groups excluding carboxylic acids is 7. The van der Waals surface area contributed by atoms with Crippen molar-refractivity contribution in [1.82, 2.24) is 35.8 Å². The first kappa shape index (κ1) is 61.9. The molecular formula is C45H81N11O13. The number of nitrogens with one attached hydrogen (secondary N) is 4. The standard InChI is InChI=1S/C45H81N11O13/c1-35(57)53(66)28-12-4-8-24-48-37(59)18-21-41(63)56(69)31-13-5-9-25-49-38(60)17-20-40(62)55(68)29-11-3-2-7-15-36(58)16-19-39(61)54(67)30-14-6-10-26-50-42-43(45(65)44(42)64)51-27-34-52(32-22-46)33-23-47/h50-51,66-69H,2-34,46-47H2,1H3,(H,48,59)(H,49,60). The van der Waals surface area contributed by atoms with Gasteiger partial charge in [-0.05, 0) is 70.6 Å². The Morgan fingerprint density at radius 2 is 0.797 bits per heavy atom. The number of unbranched alkanes of at least 4 members (excludes halogenated alkanes) is 9.